The zero-order valence-electron chi connectivity index (χ0n) is 32.5. The smallest absolute Gasteiger partial charge is 0.344 e. The van der Waals surface area contributed by atoms with E-state index in [0.29, 0.717) is 11.0 Å². The summed E-state index contributed by atoms with van der Waals surface area (Å²) in [5, 5.41) is 2.45. The lowest BCUT2D eigenvalue weighted by Crippen LogP contribution is -2.16. The maximum Gasteiger partial charge on any atom is 0.344 e. The van der Waals surface area contributed by atoms with Crippen molar-refractivity contribution in [2.24, 2.45) is 0 Å². The largest absolute Gasteiger partial charge is 0.422 e. The molecule has 3 nitrogen and oxygen atoms in total. The Morgan fingerprint density at radius 1 is 0.421 bits per heavy atom. The average molecular weight is 736 g/mol. The molecule has 8 aromatic carbocycles. The highest BCUT2D eigenvalue weighted by atomic mass is 16.4. The lowest BCUT2D eigenvalue weighted by atomic mass is 9.82. The number of hydrogen-bond donors (Lipinski definition) is 0. The van der Waals surface area contributed by atoms with Gasteiger partial charge in [0, 0.05) is 33.2 Å². The first-order valence-electron chi connectivity index (χ1n) is 19.6. The summed E-state index contributed by atoms with van der Waals surface area (Å²) in [4.78, 5) is 15.4. The maximum absolute atomic E-state index is 13.0. The van der Waals surface area contributed by atoms with E-state index in [1.54, 1.807) is 0 Å². The van der Waals surface area contributed by atoms with Crippen molar-refractivity contribution in [1.29, 1.82) is 0 Å². The molecule has 1 aliphatic carbocycles. The summed E-state index contributed by atoms with van der Waals surface area (Å²) in [6, 6.07) is 62.7. The molecular weight excluding hydrogens is 695 g/mol. The lowest BCUT2D eigenvalue weighted by Gasteiger charge is -2.28. The average Bonchev–Trinajstić information content (AvgIpc) is 3.47. The third kappa shape index (κ3) is 5.78. The van der Waals surface area contributed by atoms with Gasteiger partial charge in [-0.2, -0.15) is 0 Å². The van der Waals surface area contributed by atoms with Crippen LogP contribution in [0.5, 0.6) is 0 Å². The van der Waals surface area contributed by atoms with Crippen LogP contribution in [0.15, 0.2) is 185 Å². The standard InChI is InChI=1S/C54H41NO2/c1-34-18-19-39(31-46(34)47-33-48-45-15-9-11-17-52(45)57-53(56)49(48)30-35(47)2)38-22-26-41(27-23-38)55(40-24-20-37(21-25-40)36-12-6-5-7-13-36)42-28-29-44-43-14-8-10-16-50(43)54(3,4)51(44)32-42/h5-33H,1-4H3. The quantitative estimate of drug-likeness (QED) is 0.126. The number of nitrogens with zero attached hydrogens (tertiary/aromatic N) is 1. The fraction of sp³-hybridized carbons (Fsp3) is 0.0926. The van der Waals surface area contributed by atoms with Crippen LogP contribution < -0.4 is 10.5 Å². The molecule has 57 heavy (non-hydrogen) atoms. The first-order valence-corrected chi connectivity index (χ1v) is 19.6. The Labute approximate surface area is 333 Å². The molecule has 0 spiro atoms. The van der Waals surface area contributed by atoms with Gasteiger partial charge < -0.3 is 9.32 Å². The van der Waals surface area contributed by atoms with E-state index in [-0.39, 0.29) is 11.0 Å². The Morgan fingerprint density at radius 3 is 1.75 bits per heavy atom. The Balaban J connectivity index is 1.06. The normalized spacial score (nSPS) is 12.8. The zero-order valence-corrected chi connectivity index (χ0v) is 32.5. The Hall–Kier alpha value is -6.97. The molecule has 274 valence electrons. The molecule has 1 heterocycles. The lowest BCUT2D eigenvalue weighted by molar-refractivity contribution is 0.569. The van der Waals surface area contributed by atoms with Crippen molar-refractivity contribution in [3.8, 4) is 44.5 Å². The maximum atomic E-state index is 13.0. The van der Waals surface area contributed by atoms with Crippen LogP contribution in [0.2, 0.25) is 0 Å². The van der Waals surface area contributed by atoms with E-state index in [2.05, 4.69) is 178 Å². The van der Waals surface area contributed by atoms with Crippen molar-refractivity contribution in [2.75, 3.05) is 4.90 Å². The summed E-state index contributed by atoms with van der Waals surface area (Å²) in [5.41, 5.74) is 18.0. The van der Waals surface area contributed by atoms with Gasteiger partial charge in [0.2, 0.25) is 0 Å². The van der Waals surface area contributed by atoms with Crippen molar-refractivity contribution >= 4 is 38.8 Å². The number of para-hydroxylation sites is 1. The minimum atomic E-state index is -0.307. The predicted molar refractivity (Wildman–Crippen MR) is 238 cm³/mol. The Kier molecular flexibility index (Phi) is 8.09. The van der Waals surface area contributed by atoms with E-state index < -0.39 is 0 Å². The first kappa shape index (κ1) is 34.5. The van der Waals surface area contributed by atoms with Crippen LogP contribution >= 0.6 is 0 Å². The van der Waals surface area contributed by atoms with Gasteiger partial charge in [0.05, 0.1) is 5.39 Å². The van der Waals surface area contributed by atoms with E-state index in [1.165, 1.54) is 38.9 Å². The van der Waals surface area contributed by atoms with Crippen LogP contribution in [0.1, 0.15) is 36.1 Å². The summed E-state index contributed by atoms with van der Waals surface area (Å²) in [6.07, 6.45) is 0. The van der Waals surface area contributed by atoms with E-state index in [9.17, 15) is 4.79 Å². The highest BCUT2D eigenvalue weighted by Gasteiger charge is 2.35. The van der Waals surface area contributed by atoms with E-state index in [1.807, 2.05) is 30.3 Å². The number of rotatable bonds is 6. The highest BCUT2D eigenvalue weighted by molar-refractivity contribution is 6.06. The van der Waals surface area contributed by atoms with Crippen LogP contribution in [-0.4, -0.2) is 0 Å². The predicted octanol–water partition coefficient (Wildman–Crippen LogP) is 14.3. The molecule has 3 heteroatoms. The zero-order chi connectivity index (χ0) is 38.8. The fourth-order valence-corrected chi connectivity index (χ4v) is 8.93. The van der Waals surface area contributed by atoms with Crippen LogP contribution in [0, 0.1) is 13.8 Å². The van der Waals surface area contributed by atoms with Gasteiger partial charge in [-0.25, -0.2) is 4.79 Å². The van der Waals surface area contributed by atoms with E-state index in [4.69, 9.17) is 4.42 Å². The second kappa shape index (κ2) is 13.4. The molecule has 0 saturated heterocycles. The first-order chi connectivity index (χ1) is 27.7. The highest BCUT2D eigenvalue weighted by Crippen LogP contribution is 2.50. The van der Waals surface area contributed by atoms with Crippen molar-refractivity contribution in [2.45, 2.75) is 33.1 Å². The van der Waals surface area contributed by atoms with Crippen molar-refractivity contribution in [1.82, 2.24) is 0 Å². The summed E-state index contributed by atoms with van der Waals surface area (Å²) in [5.74, 6) is 0. The number of benzene rings is 8. The molecule has 0 amide bonds. The minimum absolute atomic E-state index is 0.110. The molecule has 10 rings (SSSR count). The third-order valence-electron chi connectivity index (χ3n) is 12.0. The van der Waals surface area contributed by atoms with Gasteiger partial charge in [-0.05, 0) is 141 Å². The number of fused-ring (bicyclic) bond motifs is 6. The second-order valence-electron chi connectivity index (χ2n) is 15.8. The number of aryl methyl sites for hydroxylation is 2. The van der Waals surface area contributed by atoms with Gasteiger partial charge in [0.25, 0.3) is 0 Å². The van der Waals surface area contributed by atoms with E-state index >= 15 is 0 Å². The Bertz CT molecular complexity index is 3060. The van der Waals surface area contributed by atoms with Gasteiger partial charge >= 0.3 is 5.63 Å². The monoisotopic (exact) mass is 735 g/mol. The molecular formula is C54H41NO2. The molecule has 0 unspecified atom stereocenters. The van der Waals surface area contributed by atoms with Gasteiger partial charge in [0.15, 0.2) is 0 Å². The SMILES string of the molecule is Cc1ccc(-c2ccc(N(c3ccc(-c4ccccc4)cc3)c3ccc4c(c3)C(C)(C)c3ccccc3-4)cc2)cc1-c1cc2c(cc1C)c(=O)oc1ccccc12. The molecule has 0 fully saturated rings. The van der Waals surface area contributed by atoms with Crippen LogP contribution in [-0.2, 0) is 5.41 Å². The van der Waals surface area contributed by atoms with Crippen molar-refractivity contribution in [3.63, 3.8) is 0 Å². The van der Waals surface area contributed by atoms with Crippen molar-refractivity contribution in [3.05, 3.63) is 209 Å². The van der Waals surface area contributed by atoms with Gasteiger partial charge in [-0.15, -0.1) is 0 Å². The number of hydrogen-bond acceptors (Lipinski definition) is 3. The van der Waals surface area contributed by atoms with E-state index in [0.717, 1.165) is 55.7 Å². The summed E-state index contributed by atoms with van der Waals surface area (Å²) in [7, 11) is 0. The molecule has 9 aromatic rings. The number of anilines is 3. The van der Waals surface area contributed by atoms with Gasteiger partial charge in [-0.1, -0.05) is 129 Å². The summed E-state index contributed by atoms with van der Waals surface area (Å²) in [6.45, 7) is 8.90. The second-order valence-corrected chi connectivity index (χ2v) is 15.8. The summed E-state index contributed by atoms with van der Waals surface area (Å²) >= 11 is 0. The molecule has 0 bridgehead atoms. The van der Waals surface area contributed by atoms with Crippen LogP contribution in [0.3, 0.4) is 0 Å². The Morgan fingerprint density at radius 2 is 1.00 bits per heavy atom. The third-order valence-corrected chi connectivity index (χ3v) is 12.0. The summed E-state index contributed by atoms with van der Waals surface area (Å²) < 4.78 is 5.67. The van der Waals surface area contributed by atoms with Crippen molar-refractivity contribution < 1.29 is 4.42 Å². The molecule has 1 aromatic heterocycles. The fourth-order valence-electron chi connectivity index (χ4n) is 8.93. The van der Waals surface area contributed by atoms with Crippen LogP contribution in [0.4, 0.5) is 17.1 Å². The molecule has 0 N–H and O–H groups in total. The van der Waals surface area contributed by atoms with Gasteiger partial charge in [0.1, 0.15) is 5.58 Å². The molecule has 0 atom stereocenters. The topological polar surface area (TPSA) is 33.5 Å². The molecule has 0 radical (unpaired) electrons. The van der Waals surface area contributed by atoms with Crippen LogP contribution in [0.25, 0.3) is 66.2 Å². The van der Waals surface area contributed by atoms with Gasteiger partial charge in [-0.3, -0.25) is 0 Å². The molecule has 1 aliphatic rings. The molecule has 0 saturated carbocycles. The minimum Gasteiger partial charge on any atom is -0.422 e. The molecule has 0 aliphatic heterocycles.